The first-order chi connectivity index (χ1) is 11.2. The van der Waals surface area contributed by atoms with Gasteiger partial charge in [-0.15, -0.1) is 13.2 Å². The average Bonchev–Trinajstić information content (AvgIpc) is 2.30. The van der Waals surface area contributed by atoms with Crippen molar-refractivity contribution in [2.24, 2.45) is 0 Å². The molecule has 0 heterocycles. The fourth-order valence-electron chi connectivity index (χ4n) is 0.917. The molecular weight excluding hydrogens is 435 g/mol. The van der Waals surface area contributed by atoms with Gasteiger partial charge >= 0.3 is 36.9 Å². The molecule has 156 valence electrons. The lowest BCUT2D eigenvalue weighted by molar-refractivity contribution is -0.564. The summed E-state index contributed by atoms with van der Waals surface area (Å²) in [6.45, 7) is -0.993. The van der Waals surface area contributed by atoms with Crippen molar-refractivity contribution in [1.29, 1.82) is 0 Å². The molecule has 0 saturated carbocycles. The summed E-state index contributed by atoms with van der Waals surface area (Å²) in [6, 6.07) is 0. The smallest absolute Gasteiger partial charge is 0.409 e. The fourth-order valence-corrected chi connectivity index (χ4v) is 1.23. The van der Waals surface area contributed by atoms with E-state index in [2.05, 4.69) is 9.16 Å². The molecule has 0 fully saturated rings. The average molecular weight is 440 g/mol. The molecule has 2 radical (unpaired) electrons. The maximum atomic E-state index is 12.9. The minimum Gasteiger partial charge on any atom is -0.409 e. The van der Waals surface area contributed by atoms with Gasteiger partial charge in [-0.2, -0.15) is 43.9 Å². The molecule has 0 rings (SSSR count). The maximum absolute atomic E-state index is 12.9. The third-order valence-electron chi connectivity index (χ3n) is 1.84. The Morgan fingerprint density at radius 1 is 0.577 bits per heavy atom. The molecule has 0 aliphatic carbocycles. The maximum Gasteiger partial charge on any atom is 0.527 e. The lowest BCUT2D eigenvalue weighted by Gasteiger charge is -2.33. The van der Waals surface area contributed by atoms with Gasteiger partial charge in [0.25, 0.3) is 0 Å². The minimum atomic E-state index is -7.05. The Kier molecular flexibility index (Phi) is 7.39. The van der Waals surface area contributed by atoms with E-state index in [1.54, 1.807) is 4.74 Å². The van der Waals surface area contributed by atoms with Gasteiger partial charge in [-0.05, 0) is 6.55 Å². The topological polar surface area (TPSA) is 36.9 Å². The summed E-state index contributed by atoms with van der Waals surface area (Å²) < 4.78 is 172. The number of ether oxygens (including phenoxy) is 3. The molecule has 18 heteroatoms. The standard InChI is InChI=1S/C8H5F13O4Si/c1-26-22-2-3(9,10)23-4(11,12)5(13,14)24-6(15,16)7(17,18)25-8(19,20)21/h2H2,1H3. The first-order valence-electron chi connectivity index (χ1n) is 5.53. The van der Waals surface area contributed by atoms with Crippen LogP contribution in [0.3, 0.4) is 0 Å². The van der Waals surface area contributed by atoms with Crippen molar-refractivity contribution >= 4 is 9.76 Å². The Morgan fingerprint density at radius 3 is 1.27 bits per heavy atom. The van der Waals surface area contributed by atoms with E-state index in [4.69, 9.17) is 0 Å². The van der Waals surface area contributed by atoms with E-state index in [1.807, 2.05) is 0 Å². The quantitative estimate of drug-likeness (QED) is 0.377. The molecule has 0 atom stereocenters. The lowest BCUT2D eigenvalue weighted by atomic mass is 10.5. The summed E-state index contributed by atoms with van der Waals surface area (Å²) in [7, 11) is -0.784. The van der Waals surface area contributed by atoms with Crippen LogP contribution in [0, 0.1) is 0 Å². The summed E-state index contributed by atoms with van der Waals surface area (Å²) in [5.41, 5.74) is 0. The Balaban J connectivity index is 5.41. The largest absolute Gasteiger partial charge is 0.527 e. The highest BCUT2D eigenvalue weighted by molar-refractivity contribution is 6.24. The summed E-state index contributed by atoms with van der Waals surface area (Å²) in [6.07, 6.45) is -39.4. The van der Waals surface area contributed by atoms with Crippen LogP contribution >= 0.6 is 0 Å². The van der Waals surface area contributed by atoms with Crippen LogP contribution in [0.1, 0.15) is 0 Å². The van der Waals surface area contributed by atoms with Crippen molar-refractivity contribution in [2.45, 2.75) is 43.5 Å². The van der Waals surface area contributed by atoms with Gasteiger partial charge in [0, 0.05) is 0 Å². The zero-order valence-electron chi connectivity index (χ0n) is 11.8. The van der Waals surface area contributed by atoms with Gasteiger partial charge in [0.15, 0.2) is 0 Å². The molecule has 0 amide bonds. The second-order valence-electron chi connectivity index (χ2n) is 3.95. The van der Waals surface area contributed by atoms with Crippen molar-refractivity contribution in [3.05, 3.63) is 0 Å². The Hall–Kier alpha value is -0.853. The number of halogens is 13. The summed E-state index contributed by atoms with van der Waals surface area (Å²) >= 11 is 0. The molecule has 0 aliphatic heterocycles. The lowest BCUT2D eigenvalue weighted by Crippen LogP contribution is -2.57. The Labute approximate surface area is 137 Å². The van der Waals surface area contributed by atoms with E-state index in [0.717, 1.165) is 6.55 Å². The first-order valence-corrected chi connectivity index (χ1v) is 6.94. The normalized spacial score (nSPS) is 15.5. The van der Waals surface area contributed by atoms with Gasteiger partial charge in [0.2, 0.25) is 9.76 Å². The van der Waals surface area contributed by atoms with Gasteiger partial charge in [0.05, 0.1) is 0 Å². The Morgan fingerprint density at radius 2 is 0.923 bits per heavy atom. The van der Waals surface area contributed by atoms with Gasteiger partial charge in [-0.3, -0.25) is 0 Å². The number of alkyl halides is 13. The van der Waals surface area contributed by atoms with E-state index >= 15 is 0 Å². The minimum absolute atomic E-state index is 0.784. The molecule has 0 saturated heterocycles. The SMILES string of the molecule is C[Si]OCC(F)(F)OC(F)(F)C(F)(F)OC(F)(F)C(F)(F)OC(F)(F)F. The van der Waals surface area contributed by atoms with Crippen molar-refractivity contribution in [1.82, 2.24) is 0 Å². The van der Waals surface area contributed by atoms with Gasteiger partial charge in [-0.25, -0.2) is 14.2 Å². The van der Waals surface area contributed by atoms with Crippen LogP contribution in [0.25, 0.3) is 0 Å². The molecule has 0 spiro atoms. The van der Waals surface area contributed by atoms with E-state index in [1.165, 1.54) is 4.74 Å². The van der Waals surface area contributed by atoms with Crippen LogP contribution in [0.15, 0.2) is 0 Å². The van der Waals surface area contributed by atoms with E-state index in [0.29, 0.717) is 0 Å². The van der Waals surface area contributed by atoms with Crippen molar-refractivity contribution in [3.8, 4) is 0 Å². The highest BCUT2D eigenvalue weighted by atomic mass is 28.2. The molecule has 0 aromatic carbocycles. The summed E-state index contributed by atoms with van der Waals surface area (Å²) in [5, 5.41) is 0. The fraction of sp³-hybridized carbons (Fsp3) is 1.00. The highest BCUT2D eigenvalue weighted by Crippen LogP contribution is 2.48. The van der Waals surface area contributed by atoms with Crippen molar-refractivity contribution < 1.29 is 75.7 Å². The van der Waals surface area contributed by atoms with Crippen LogP contribution in [0.2, 0.25) is 6.55 Å². The highest BCUT2D eigenvalue weighted by Gasteiger charge is 2.74. The van der Waals surface area contributed by atoms with E-state index in [9.17, 15) is 57.1 Å². The van der Waals surface area contributed by atoms with E-state index in [-0.39, 0.29) is 0 Å². The summed E-state index contributed by atoms with van der Waals surface area (Å²) in [4.78, 5) is 0. The van der Waals surface area contributed by atoms with Crippen molar-refractivity contribution in [3.63, 3.8) is 0 Å². The zero-order valence-corrected chi connectivity index (χ0v) is 12.8. The predicted molar refractivity (Wildman–Crippen MR) is 51.6 cm³/mol. The van der Waals surface area contributed by atoms with Crippen LogP contribution in [0.4, 0.5) is 57.1 Å². The van der Waals surface area contributed by atoms with Gasteiger partial charge < -0.3 is 4.43 Å². The monoisotopic (exact) mass is 440 g/mol. The van der Waals surface area contributed by atoms with Crippen LogP contribution in [0.5, 0.6) is 0 Å². The third kappa shape index (κ3) is 7.04. The van der Waals surface area contributed by atoms with Crippen LogP contribution < -0.4 is 0 Å². The van der Waals surface area contributed by atoms with Crippen LogP contribution in [-0.2, 0) is 18.6 Å². The molecule has 0 aromatic rings. The molecule has 0 bridgehead atoms. The van der Waals surface area contributed by atoms with Gasteiger partial charge in [-0.1, -0.05) is 0 Å². The molecule has 26 heavy (non-hydrogen) atoms. The number of hydrogen-bond acceptors (Lipinski definition) is 4. The summed E-state index contributed by atoms with van der Waals surface area (Å²) in [5.74, 6) is 0. The van der Waals surface area contributed by atoms with Crippen LogP contribution in [-0.4, -0.2) is 53.3 Å². The molecule has 0 aromatic heterocycles. The second-order valence-corrected chi connectivity index (χ2v) is 4.65. The first kappa shape index (κ1) is 25.1. The Bertz CT molecular complexity index is 466. The third-order valence-corrected chi connectivity index (χ3v) is 2.27. The van der Waals surface area contributed by atoms with Crippen molar-refractivity contribution in [2.75, 3.05) is 6.61 Å². The molecule has 0 unspecified atom stereocenters. The second kappa shape index (κ2) is 7.64. The molecule has 0 N–H and O–H groups in total. The molecular formula is C8H5F13O4Si. The number of rotatable bonds is 10. The zero-order chi connectivity index (χ0) is 21.2. The van der Waals surface area contributed by atoms with E-state index < -0.39 is 53.3 Å². The predicted octanol–water partition coefficient (Wildman–Crippen LogP) is 4.20. The number of hydrogen-bond donors (Lipinski definition) is 0. The molecule has 4 nitrogen and oxygen atoms in total. The molecule has 0 aliphatic rings. The van der Waals surface area contributed by atoms with Gasteiger partial charge in [0.1, 0.15) is 6.61 Å².